The van der Waals surface area contributed by atoms with Crippen molar-refractivity contribution in [1.29, 1.82) is 0 Å². The quantitative estimate of drug-likeness (QED) is 0.0915. The van der Waals surface area contributed by atoms with Gasteiger partial charge in [-0.2, -0.15) is 0 Å². The van der Waals surface area contributed by atoms with Crippen LogP contribution in [-0.2, 0) is 13.1 Å². The Morgan fingerprint density at radius 3 is 2.21 bits per heavy atom. The monoisotopic (exact) mass is 702 g/mol. The number of carboxylic acids is 2. The Bertz CT molecular complexity index is 2810. The number of phenols is 1. The number of aromatic carboxylic acids is 2. The van der Waals surface area contributed by atoms with E-state index < -0.39 is 11.9 Å². The minimum Gasteiger partial charge on any atom is -0.507 e. The number of fused-ring (bicyclic) bond motifs is 4. The molecule has 4 aromatic carbocycles. The molecule has 0 amide bonds. The Morgan fingerprint density at radius 2 is 1.45 bits per heavy atom. The average molecular weight is 703 g/mol. The molecule has 1 aliphatic heterocycles. The van der Waals surface area contributed by atoms with Crippen LogP contribution in [0.4, 0.5) is 11.4 Å². The highest BCUT2D eigenvalue weighted by atomic mass is 16.4. The van der Waals surface area contributed by atoms with Crippen molar-refractivity contribution in [2.75, 3.05) is 10.6 Å². The van der Waals surface area contributed by atoms with Crippen LogP contribution in [0.15, 0.2) is 119 Å². The van der Waals surface area contributed by atoms with Crippen molar-refractivity contribution in [2.24, 2.45) is 0 Å². The van der Waals surface area contributed by atoms with Gasteiger partial charge in [0.05, 0.1) is 39.1 Å². The zero-order chi connectivity index (χ0) is 36.8. The van der Waals surface area contributed by atoms with Gasteiger partial charge in [-0.05, 0) is 67.1 Å². The fourth-order valence-electron chi connectivity index (χ4n) is 6.80. The molecular weight excluding hydrogens is 672 g/mol. The third kappa shape index (κ3) is 5.89. The summed E-state index contributed by atoms with van der Waals surface area (Å²) in [5, 5.41) is 40.0. The number of aromatic nitrogens is 2. The van der Waals surface area contributed by atoms with Gasteiger partial charge >= 0.3 is 11.9 Å². The van der Waals surface area contributed by atoms with Crippen molar-refractivity contribution in [3.8, 4) is 28.2 Å². The molecule has 0 fully saturated rings. The number of phenolic OH excluding ortho intramolecular Hbond substituents is 1. The highest BCUT2D eigenvalue weighted by Crippen LogP contribution is 2.45. The van der Waals surface area contributed by atoms with Crippen LogP contribution in [0.25, 0.3) is 55.2 Å². The normalized spacial score (nSPS) is 11.3. The van der Waals surface area contributed by atoms with Crippen molar-refractivity contribution in [3.63, 3.8) is 0 Å². The molecule has 0 atom stereocenters. The molecule has 0 spiro atoms. The van der Waals surface area contributed by atoms with Gasteiger partial charge in [-0.15, -0.1) is 0 Å². The topological polar surface area (TPSA) is 175 Å². The van der Waals surface area contributed by atoms with Crippen LogP contribution in [0.1, 0.15) is 37.5 Å². The number of pyridine rings is 2. The van der Waals surface area contributed by atoms with E-state index in [1.54, 1.807) is 60.8 Å². The lowest BCUT2D eigenvalue weighted by molar-refractivity contribution is 0.0683. The first-order valence-corrected chi connectivity index (χ1v) is 16.7. The van der Waals surface area contributed by atoms with Gasteiger partial charge in [0, 0.05) is 46.6 Å². The van der Waals surface area contributed by atoms with Gasteiger partial charge in [0.25, 0.3) is 0 Å². The van der Waals surface area contributed by atoms with E-state index >= 15 is 0 Å². The van der Waals surface area contributed by atoms with E-state index in [-0.39, 0.29) is 52.4 Å². The summed E-state index contributed by atoms with van der Waals surface area (Å²) in [6.07, 6.45) is 1.70. The Morgan fingerprint density at radius 1 is 0.736 bits per heavy atom. The number of aromatic hydroxyl groups is 1. The van der Waals surface area contributed by atoms with Crippen LogP contribution in [0, 0.1) is 6.92 Å². The van der Waals surface area contributed by atoms with Crippen LogP contribution in [-0.4, -0.2) is 37.2 Å². The lowest BCUT2D eigenvalue weighted by Gasteiger charge is -2.21. The molecule has 53 heavy (non-hydrogen) atoms. The van der Waals surface area contributed by atoms with Gasteiger partial charge in [0.15, 0.2) is 5.43 Å². The fraction of sp³-hybridized carbons (Fsp3) is 0.0714. The third-order valence-electron chi connectivity index (χ3n) is 9.35. The first kappa shape index (κ1) is 32.9. The molecule has 11 nitrogen and oxygen atoms in total. The van der Waals surface area contributed by atoms with Crippen LogP contribution in [0.5, 0.6) is 5.75 Å². The summed E-state index contributed by atoms with van der Waals surface area (Å²) in [6, 6.07) is 29.3. The maximum Gasteiger partial charge on any atom is 0.354 e. The molecule has 11 heteroatoms. The van der Waals surface area contributed by atoms with Crippen molar-refractivity contribution >= 4 is 56.1 Å². The van der Waals surface area contributed by atoms with Crippen molar-refractivity contribution in [2.45, 2.75) is 20.0 Å². The summed E-state index contributed by atoms with van der Waals surface area (Å²) >= 11 is 0. The smallest absolute Gasteiger partial charge is 0.354 e. The second-order valence-electron chi connectivity index (χ2n) is 12.7. The number of carbonyl (C=O) groups is 2. The van der Waals surface area contributed by atoms with Crippen molar-refractivity contribution in [1.82, 2.24) is 9.97 Å². The molecule has 260 valence electrons. The molecule has 8 rings (SSSR count). The van der Waals surface area contributed by atoms with E-state index in [9.17, 15) is 29.7 Å². The van der Waals surface area contributed by atoms with Crippen LogP contribution in [0.2, 0.25) is 0 Å². The SMILES string of the molecule is Cc1ccc(C(=O)O)c(-c2c3ccc(=O)c(CNc4cccc5ccc(C(=O)O)nc45)c-3oc3c(CNc4cccc5cccnc45)c(O)ccc23)c1. The number of para-hydroxylation sites is 2. The van der Waals surface area contributed by atoms with Crippen molar-refractivity contribution < 1.29 is 29.3 Å². The fourth-order valence-corrected chi connectivity index (χ4v) is 6.80. The Hall–Kier alpha value is -7.27. The number of hydrogen-bond donors (Lipinski definition) is 5. The molecule has 0 unspecified atom stereocenters. The summed E-state index contributed by atoms with van der Waals surface area (Å²) in [6.45, 7) is 1.92. The molecule has 0 saturated heterocycles. The number of carboxylic acid groups (broad SMARTS) is 2. The summed E-state index contributed by atoms with van der Waals surface area (Å²) in [5.74, 6) is -2.16. The molecule has 6 aromatic rings. The Labute approximate surface area is 301 Å². The number of nitrogens with zero attached hydrogens (tertiary/aromatic N) is 2. The number of benzene rings is 5. The highest BCUT2D eigenvalue weighted by Gasteiger charge is 2.27. The van der Waals surface area contributed by atoms with Crippen LogP contribution < -0.4 is 16.1 Å². The van der Waals surface area contributed by atoms with Crippen LogP contribution >= 0.6 is 0 Å². The zero-order valence-corrected chi connectivity index (χ0v) is 28.2. The van der Waals surface area contributed by atoms with Crippen LogP contribution in [0.3, 0.4) is 0 Å². The summed E-state index contributed by atoms with van der Waals surface area (Å²) in [4.78, 5) is 46.9. The minimum atomic E-state index is -1.17. The number of hydrogen-bond acceptors (Lipinski definition) is 9. The lowest BCUT2D eigenvalue weighted by Crippen LogP contribution is -2.15. The van der Waals surface area contributed by atoms with Crippen molar-refractivity contribution in [3.05, 3.63) is 147 Å². The van der Waals surface area contributed by atoms with E-state index in [1.165, 1.54) is 12.1 Å². The number of nitrogens with one attached hydrogen (secondary N) is 2. The summed E-state index contributed by atoms with van der Waals surface area (Å²) < 4.78 is 6.67. The number of anilines is 2. The second kappa shape index (κ2) is 13.1. The predicted molar refractivity (Wildman–Crippen MR) is 203 cm³/mol. The molecule has 2 aromatic heterocycles. The van der Waals surface area contributed by atoms with E-state index in [2.05, 4.69) is 20.6 Å². The molecule has 0 saturated carbocycles. The molecule has 3 heterocycles. The van der Waals surface area contributed by atoms with Gasteiger partial charge in [0.2, 0.25) is 0 Å². The highest BCUT2D eigenvalue weighted by molar-refractivity contribution is 6.09. The maximum absolute atomic E-state index is 13.7. The molecular formula is C42H30N4O7. The van der Waals surface area contributed by atoms with E-state index in [0.717, 1.165) is 22.2 Å². The molecule has 0 radical (unpaired) electrons. The second-order valence-corrected chi connectivity index (χ2v) is 12.7. The van der Waals surface area contributed by atoms with E-state index in [1.807, 2.05) is 43.3 Å². The predicted octanol–water partition coefficient (Wildman–Crippen LogP) is 8.30. The number of aryl methyl sites for hydroxylation is 1. The Kier molecular flexibility index (Phi) is 8.15. The molecule has 1 aliphatic carbocycles. The number of rotatable bonds is 9. The molecule has 5 N–H and O–H groups in total. The standard InChI is InChI=1S/C42H30N4O7/c1-22-10-12-25(41(49)50)28(19-22)36-26-13-16-34(47)29(20-44-31-8-2-5-23-7-4-18-43-37(23)31)39(26)53-40-27(36)14-17-35(48)30(40)21-45-32-9-3-6-24-11-15-33(42(51)52)46-38(24)32/h2-19,44-45,47H,20-21H2,1H3,(H,49,50)(H,51,52). The van der Waals surface area contributed by atoms with Gasteiger partial charge in [-0.3, -0.25) is 9.78 Å². The Balaban J connectivity index is 1.33. The lowest BCUT2D eigenvalue weighted by atomic mass is 9.87. The minimum absolute atomic E-state index is 0.0452. The van der Waals surface area contributed by atoms with E-state index in [0.29, 0.717) is 44.2 Å². The van der Waals surface area contributed by atoms with E-state index in [4.69, 9.17) is 4.42 Å². The zero-order valence-electron chi connectivity index (χ0n) is 28.2. The first-order chi connectivity index (χ1) is 25.7. The maximum atomic E-state index is 13.7. The molecule has 2 aliphatic rings. The largest absolute Gasteiger partial charge is 0.507 e. The van der Waals surface area contributed by atoms with Gasteiger partial charge in [-0.1, -0.05) is 54.1 Å². The summed E-state index contributed by atoms with van der Waals surface area (Å²) in [7, 11) is 0. The summed E-state index contributed by atoms with van der Waals surface area (Å²) in [5.41, 5.74) is 5.12. The molecule has 0 bridgehead atoms. The third-order valence-corrected chi connectivity index (χ3v) is 9.35. The van der Waals surface area contributed by atoms with Gasteiger partial charge < -0.3 is 30.4 Å². The first-order valence-electron chi connectivity index (χ1n) is 16.7. The average Bonchev–Trinajstić information content (AvgIpc) is 3.16. The van der Waals surface area contributed by atoms with Gasteiger partial charge in [0.1, 0.15) is 22.8 Å². The van der Waals surface area contributed by atoms with Gasteiger partial charge in [-0.25, -0.2) is 14.6 Å².